The molecule has 1 aliphatic heterocycles. The molecule has 0 spiro atoms. The Morgan fingerprint density at radius 3 is 2.12 bits per heavy atom. The minimum absolute atomic E-state index is 0.283. The van der Waals surface area contributed by atoms with Gasteiger partial charge < -0.3 is 25.7 Å². The van der Waals surface area contributed by atoms with Crippen molar-refractivity contribution in [2.45, 2.75) is 37.8 Å². The third kappa shape index (κ3) is 4.44. The minimum atomic E-state index is -0.540. The summed E-state index contributed by atoms with van der Waals surface area (Å²) < 4.78 is 20.9. The van der Waals surface area contributed by atoms with Gasteiger partial charge in [0.1, 0.15) is 30.2 Å². The molecule has 0 saturated carbocycles. The van der Waals surface area contributed by atoms with Crippen LogP contribution in [0.2, 0.25) is 0 Å². The molecule has 0 radical (unpaired) electrons. The Bertz CT molecular complexity index is 1190. The van der Waals surface area contributed by atoms with Gasteiger partial charge in [-0.25, -0.2) is 15.0 Å². The molecule has 9 nitrogen and oxygen atoms in total. The SMILES string of the molecule is NCC1OC(n2cnc3c(N)ncnc32)C(OCc2ccccc2)C1OCc1ccccc1. The van der Waals surface area contributed by atoms with Crippen LogP contribution in [-0.4, -0.2) is 44.4 Å². The molecule has 0 bridgehead atoms. The second kappa shape index (κ2) is 9.63. The highest BCUT2D eigenvalue weighted by molar-refractivity contribution is 5.81. The van der Waals surface area contributed by atoms with E-state index in [1.807, 2.05) is 65.2 Å². The van der Waals surface area contributed by atoms with Crippen molar-refractivity contribution in [3.05, 3.63) is 84.4 Å². The van der Waals surface area contributed by atoms with Gasteiger partial charge in [-0.1, -0.05) is 60.7 Å². The number of anilines is 1. The molecule has 0 aliphatic carbocycles. The van der Waals surface area contributed by atoms with E-state index in [4.69, 9.17) is 25.7 Å². The van der Waals surface area contributed by atoms with Crippen molar-refractivity contribution in [2.75, 3.05) is 12.3 Å². The summed E-state index contributed by atoms with van der Waals surface area (Å²) in [7, 11) is 0. The topological polar surface area (TPSA) is 123 Å². The summed E-state index contributed by atoms with van der Waals surface area (Å²) in [6.07, 6.45) is 1.32. The number of fused-ring (bicyclic) bond motifs is 1. The van der Waals surface area contributed by atoms with E-state index < -0.39 is 12.3 Å². The lowest BCUT2D eigenvalue weighted by Crippen LogP contribution is -2.39. The van der Waals surface area contributed by atoms with E-state index in [2.05, 4.69) is 15.0 Å². The van der Waals surface area contributed by atoms with Crippen molar-refractivity contribution >= 4 is 17.0 Å². The van der Waals surface area contributed by atoms with E-state index in [1.54, 1.807) is 6.33 Å². The number of hydrogen-bond acceptors (Lipinski definition) is 8. The van der Waals surface area contributed by atoms with Crippen LogP contribution >= 0.6 is 0 Å². The summed E-state index contributed by atoms with van der Waals surface area (Å²) in [6, 6.07) is 20.0. The van der Waals surface area contributed by atoms with Crippen molar-refractivity contribution in [3.8, 4) is 0 Å². The standard InChI is InChI=1S/C24H26N6O3/c25-11-18-20(31-12-16-7-3-1-4-8-16)21(32-13-17-9-5-2-6-10-17)24(33-18)30-15-29-19-22(26)27-14-28-23(19)30/h1-10,14-15,18,20-21,24H,11-13,25H2,(H2,26,27,28). The normalized spacial score (nSPS) is 22.7. The van der Waals surface area contributed by atoms with Crippen LogP contribution in [0.25, 0.3) is 11.2 Å². The van der Waals surface area contributed by atoms with Gasteiger partial charge in [-0.2, -0.15) is 0 Å². The largest absolute Gasteiger partial charge is 0.382 e. The average Bonchev–Trinajstić information content (AvgIpc) is 3.44. The van der Waals surface area contributed by atoms with E-state index in [0.717, 1.165) is 11.1 Å². The maximum atomic E-state index is 6.41. The van der Waals surface area contributed by atoms with E-state index in [-0.39, 0.29) is 18.8 Å². The van der Waals surface area contributed by atoms with E-state index >= 15 is 0 Å². The monoisotopic (exact) mass is 446 g/mol. The maximum Gasteiger partial charge on any atom is 0.167 e. The lowest BCUT2D eigenvalue weighted by atomic mass is 10.1. The molecule has 5 rings (SSSR count). The third-order valence-electron chi connectivity index (χ3n) is 5.75. The number of nitrogens with two attached hydrogens (primary N) is 2. The number of hydrogen-bond donors (Lipinski definition) is 2. The quantitative estimate of drug-likeness (QED) is 0.423. The number of benzene rings is 2. The zero-order valence-electron chi connectivity index (χ0n) is 18.0. The Labute approximate surface area is 191 Å². The molecule has 1 aliphatic rings. The van der Waals surface area contributed by atoms with Gasteiger partial charge in [0, 0.05) is 6.54 Å². The van der Waals surface area contributed by atoms with Crippen LogP contribution in [0, 0.1) is 0 Å². The zero-order chi connectivity index (χ0) is 22.6. The molecule has 2 aromatic heterocycles. The highest BCUT2D eigenvalue weighted by Gasteiger charge is 2.47. The van der Waals surface area contributed by atoms with Crippen LogP contribution < -0.4 is 11.5 Å². The summed E-state index contributed by atoms with van der Waals surface area (Å²) in [5, 5.41) is 0. The van der Waals surface area contributed by atoms with Gasteiger partial charge in [-0.05, 0) is 11.1 Å². The summed E-state index contributed by atoms with van der Waals surface area (Å²) >= 11 is 0. The lowest BCUT2D eigenvalue weighted by Gasteiger charge is -2.25. The third-order valence-corrected chi connectivity index (χ3v) is 5.75. The van der Waals surface area contributed by atoms with Crippen molar-refractivity contribution < 1.29 is 14.2 Å². The van der Waals surface area contributed by atoms with Gasteiger partial charge in [-0.15, -0.1) is 0 Å². The Morgan fingerprint density at radius 2 is 1.48 bits per heavy atom. The highest BCUT2D eigenvalue weighted by atomic mass is 16.6. The second-order valence-corrected chi connectivity index (χ2v) is 7.91. The van der Waals surface area contributed by atoms with Crippen molar-refractivity contribution in [1.29, 1.82) is 0 Å². The van der Waals surface area contributed by atoms with Gasteiger partial charge >= 0.3 is 0 Å². The molecule has 2 aromatic carbocycles. The van der Waals surface area contributed by atoms with Crippen LogP contribution in [0.1, 0.15) is 17.4 Å². The fourth-order valence-electron chi connectivity index (χ4n) is 4.09. The van der Waals surface area contributed by atoms with Crippen molar-refractivity contribution in [3.63, 3.8) is 0 Å². The van der Waals surface area contributed by atoms with Gasteiger partial charge in [0.25, 0.3) is 0 Å². The first kappa shape index (κ1) is 21.5. The number of nitrogens with zero attached hydrogens (tertiary/aromatic N) is 4. The predicted octanol–water partition coefficient (Wildman–Crippen LogP) is 2.44. The summed E-state index contributed by atoms with van der Waals surface area (Å²) in [5.74, 6) is 0.311. The van der Waals surface area contributed by atoms with Crippen molar-refractivity contribution in [2.24, 2.45) is 5.73 Å². The van der Waals surface area contributed by atoms with E-state index in [0.29, 0.717) is 30.2 Å². The average molecular weight is 447 g/mol. The zero-order valence-corrected chi connectivity index (χ0v) is 18.0. The molecular formula is C24H26N6O3. The fraction of sp³-hybridized carbons (Fsp3) is 0.292. The Hall–Kier alpha value is -3.37. The first-order chi connectivity index (χ1) is 16.2. The minimum Gasteiger partial charge on any atom is -0.382 e. The molecule has 0 amide bonds. The molecule has 4 atom stereocenters. The Kier molecular flexibility index (Phi) is 6.27. The smallest absolute Gasteiger partial charge is 0.167 e. The number of rotatable bonds is 8. The predicted molar refractivity (Wildman–Crippen MR) is 123 cm³/mol. The summed E-state index contributed by atoms with van der Waals surface area (Å²) in [4.78, 5) is 12.8. The molecule has 4 unspecified atom stereocenters. The number of imidazole rings is 1. The molecular weight excluding hydrogens is 420 g/mol. The van der Waals surface area contributed by atoms with Crippen LogP contribution in [0.5, 0.6) is 0 Å². The van der Waals surface area contributed by atoms with Crippen LogP contribution in [-0.2, 0) is 27.4 Å². The second-order valence-electron chi connectivity index (χ2n) is 7.91. The number of ether oxygens (including phenoxy) is 3. The highest BCUT2D eigenvalue weighted by Crippen LogP contribution is 2.36. The lowest BCUT2D eigenvalue weighted by molar-refractivity contribution is -0.0894. The fourth-order valence-corrected chi connectivity index (χ4v) is 4.09. The maximum absolute atomic E-state index is 6.41. The van der Waals surface area contributed by atoms with Gasteiger partial charge in [0.15, 0.2) is 17.7 Å². The Morgan fingerprint density at radius 1 is 0.848 bits per heavy atom. The van der Waals surface area contributed by atoms with Crippen LogP contribution in [0.3, 0.4) is 0 Å². The Balaban J connectivity index is 1.45. The molecule has 4 N–H and O–H groups in total. The molecule has 170 valence electrons. The number of aromatic nitrogens is 4. The van der Waals surface area contributed by atoms with Gasteiger partial charge in [-0.3, -0.25) is 4.57 Å². The van der Waals surface area contributed by atoms with Crippen LogP contribution in [0.15, 0.2) is 73.3 Å². The van der Waals surface area contributed by atoms with Gasteiger partial charge in [0.2, 0.25) is 0 Å². The molecule has 4 aromatic rings. The first-order valence-electron chi connectivity index (χ1n) is 10.8. The molecule has 33 heavy (non-hydrogen) atoms. The summed E-state index contributed by atoms with van der Waals surface area (Å²) in [5.41, 5.74) is 15.3. The van der Waals surface area contributed by atoms with E-state index in [9.17, 15) is 0 Å². The molecule has 1 fully saturated rings. The molecule has 1 saturated heterocycles. The van der Waals surface area contributed by atoms with Gasteiger partial charge in [0.05, 0.1) is 19.5 Å². The summed E-state index contributed by atoms with van der Waals surface area (Å²) in [6.45, 7) is 1.10. The first-order valence-corrected chi connectivity index (χ1v) is 10.8. The molecule has 9 heteroatoms. The number of nitrogen functional groups attached to an aromatic ring is 1. The van der Waals surface area contributed by atoms with E-state index in [1.165, 1.54) is 6.33 Å². The molecule has 3 heterocycles. The van der Waals surface area contributed by atoms with Crippen molar-refractivity contribution in [1.82, 2.24) is 19.5 Å². The van der Waals surface area contributed by atoms with Crippen LogP contribution in [0.4, 0.5) is 5.82 Å².